The molecule has 1 heterocycles. The number of hydrogen-bond donors (Lipinski definition) is 0. The maximum absolute atomic E-state index is 6.73. The summed E-state index contributed by atoms with van der Waals surface area (Å²) in [5, 5.41) is 12.2. The van der Waals surface area contributed by atoms with Crippen LogP contribution in [0.1, 0.15) is 0 Å². The Hall–Kier alpha value is -6.38. The predicted molar refractivity (Wildman–Crippen MR) is 204 cm³/mol. The second-order valence-corrected chi connectivity index (χ2v) is 12.5. The Morgan fingerprint density at radius 2 is 0.896 bits per heavy atom. The summed E-state index contributed by atoms with van der Waals surface area (Å²) in [4.78, 5) is 2.39. The summed E-state index contributed by atoms with van der Waals surface area (Å²) < 4.78 is 6.73. The molecule has 0 unspecified atom stereocenters. The molecule has 10 rings (SSSR count). The van der Waals surface area contributed by atoms with Crippen molar-refractivity contribution in [3.8, 4) is 11.1 Å². The fourth-order valence-corrected chi connectivity index (χ4v) is 7.74. The van der Waals surface area contributed by atoms with Gasteiger partial charge in [0.2, 0.25) is 0 Å². The van der Waals surface area contributed by atoms with Crippen molar-refractivity contribution >= 4 is 82.1 Å². The molecule has 2 nitrogen and oxygen atoms in total. The molecule has 0 N–H and O–H groups in total. The fourth-order valence-electron chi connectivity index (χ4n) is 7.74. The molecule has 224 valence electrons. The van der Waals surface area contributed by atoms with Gasteiger partial charge in [0.15, 0.2) is 0 Å². The lowest BCUT2D eigenvalue weighted by Crippen LogP contribution is -2.10. The van der Waals surface area contributed by atoms with Crippen LogP contribution in [0, 0.1) is 0 Å². The first-order valence-electron chi connectivity index (χ1n) is 16.4. The molecule has 0 aliphatic heterocycles. The van der Waals surface area contributed by atoms with E-state index in [0.29, 0.717) is 0 Å². The van der Waals surface area contributed by atoms with Gasteiger partial charge in [-0.3, -0.25) is 0 Å². The van der Waals surface area contributed by atoms with Gasteiger partial charge in [-0.05, 0) is 96.7 Å². The Balaban J connectivity index is 1.29. The van der Waals surface area contributed by atoms with Crippen LogP contribution in [0.25, 0.3) is 76.2 Å². The average molecular weight is 612 g/mol. The van der Waals surface area contributed by atoms with E-state index in [0.717, 1.165) is 39.0 Å². The molecule has 0 aliphatic carbocycles. The molecule has 0 amide bonds. The first-order chi connectivity index (χ1) is 23.8. The molecule has 9 aromatic carbocycles. The van der Waals surface area contributed by atoms with Gasteiger partial charge in [0, 0.05) is 16.8 Å². The highest BCUT2D eigenvalue weighted by Gasteiger charge is 2.22. The zero-order chi connectivity index (χ0) is 31.6. The van der Waals surface area contributed by atoms with E-state index >= 15 is 0 Å². The van der Waals surface area contributed by atoms with Gasteiger partial charge in [0.1, 0.15) is 11.2 Å². The van der Waals surface area contributed by atoms with Gasteiger partial charge in [-0.25, -0.2) is 0 Å². The summed E-state index contributed by atoms with van der Waals surface area (Å²) in [6.45, 7) is 0. The summed E-state index contributed by atoms with van der Waals surface area (Å²) in [7, 11) is 0. The van der Waals surface area contributed by atoms with E-state index in [1.807, 2.05) is 0 Å². The van der Waals surface area contributed by atoms with Crippen LogP contribution in [-0.2, 0) is 0 Å². The minimum absolute atomic E-state index is 0.871. The normalized spacial score (nSPS) is 11.8. The highest BCUT2D eigenvalue weighted by molar-refractivity contribution is 6.27. The van der Waals surface area contributed by atoms with Crippen molar-refractivity contribution in [1.29, 1.82) is 0 Å². The number of hydrogen-bond acceptors (Lipinski definition) is 2. The molecule has 0 aliphatic rings. The summed E-state index contributed by atoms with van der Waals surface area (Å²) in [6, 6.07) is 63.1. The van der Waals surface area contributed by atoms with Crippen molar-refractivity contribution < 1.29 is 4.42 Å². The predicted octanol–water partition coefficient (Wildman–Crippen LogP) is 13.3. The summed E-state index contributed by atoms with van der Waals surface area (Å²) >= 11 is 0. The van der Waals surface area contributed by atoms with Crippen LogP contribution in [0.15, 0.2) is 180 Å². The molecule has 0 saturated heterocycles. The SMILES string of the molecule is c1ccc(-c2cc3oc4cccc(N(c5ccccc5)c5ccc6c7ccccc7c7ccccc7c6c5)c4c3c3ccccc23)cc1. The van der Waals surface area contributed by atoms with Gasteiger partial charge >= 0.3 is 0 Å². The highest BCUT2D eigenvalue weighted by atomic mass is 16.3. The zero-order valence-corrected chi connectivity index (χ0v) is 26.1. The second-order valence-electron chi connectivity index (χ2n) is 12.5. The molecule has 0 fully saturated rings. The van der Waals surface area contributed by atoms with E-state index in [-0.39, 0.29) is 0 Å². The third kappa shape index (κ3) is 4.00. The maximum atomic E-state index is 6.73. The summed E-state index contributed by atoms with van der Waals surface area (Å²) in [6.07, 6.45) is 0. The summed E-state index contributed by atoms with van der Waals surface area (Å²) in [5.74, 6) is 0. The standard InChI is InChI=1S/C46H29NO/c1-3-14-30(15-4-1)40-29-44-45(39-23-12-11-22-37(39)40)46-42(24-13-25-43(46)48-44)47(31-16-5-2-6-17-31)32-26-27-38-35-20-8-7-18-33(35)34-19-9-10-21-36(34)41(38)28-32/h1-29H. The second kappa shape index (κ2) is 10.6. The monoisotopic (exact) mass is 611 g/mol. The molecular weight excluding hydrogens is 583 g/mol. The lowest BCUT2D eigenvalue weighted by atomic mass is 9.93. The number of furan rings is 1. The van der Waals surface area contributed by atoms with Gasteiger partial charge in [0.25, 0.3) is 0 Å². The number of fused-ring (bicyclic) bond motifs is 11. The van der Waals surface area contributed by atoms with Crippen molar-refractivity contribution in [2.75, 3.05) is 4.90 Å². The van der Waals surface area contributed by atoms with E-state index in [9.17, 15) is 0 Å². The molecule has 0 spiro atoms. The average Bonchev–Trinajstić information content (AvgIpc) is 3.55. The van der Waals surface area contributed by atoms with Crippen molar-refractivity contribution in [2.45, 2.75) is 0 Å². The minimum Gasteiger partial charge on any atom is -0.456 e. The van der Waals surface area contributed by atoms with E-state index in [2.05, 4.69) is 181 Å². The Morgan fingerprint density at radius 1 is 0.333 bits per heavy atom. The van der Waals surface area contributed by atoms with Crippen LogP contribution < -0.4 is 4.90 Å². The van der Waals surface area contributed by atoms with Crippen molar-refractivity contribution in [3.05, 3.63) is 176 Å². The number of nitrogens with zero attached hydrogens (tertiary/aromatic N) is 1. The maximum Gasteiger partial charge on any atom is 0.137 e. The van der Waals surface area contributed by atoms with Crippen LogP contribution in [0.5, 0.6) is 0 Å². The fraction of sp³-hybridized carbons (Fsp3) is 0. The van der Waals surface area contributed by atoms with Crippen LogP contribution in [-0.4, -0.2) is 0 Å². The van der Waals surface area contributed by atoms with Crippen molar-refractivity contribution in [1.82, 2.24) is 0 Å². The molecule has 0 bridgehead atoms. The molecule has 10 aromatic rings. The molecule has 48 heavy (non-hydrogen) atoms. The number of para-hydroxylation sites is 1. The molecule has 0 atom stereocenters. The minimum atomic E-state index is 0.871. The first kappa shape index (κ1) is 26.8. The topological polar surface area (TPSA) is 16.4 Å². The molecule has 0 saturated carbocycles. The molecule has 0 radical (unpaired) electrons. The van der Waals surface area contributed by atoms with Crippen LogP contribution >= 0.6 is 0 Å². The summed E-state index contributed by atoms with van der Waals surface area (Å²) in [5.41, 5.74) is 7.38. The van der Waals surface area contributed by atoms with E-state index in [1.54, 1.807) is 0 Å². The largest absolute Gasteiger partial charge is 0.456 e. The molecular formula is C46H29NO. The smallest absolute Gasteiger partial charge is 0.137 e. The van der Waals surface area contributed by atoms with Gasteiger partial charge in [-0.1, -0.05) is 133 Å². The Morgan fingerprint density at radius 3 is 1.58 bits per heavy atom. The zero-order valence-electron chi connectivity index (χ0n) is 26.1. The van der Waals surface area contributed by atoms with E-state index in [4.69, 9.17) is 4.42 Å². The van der Waals surface area contributed by atoms with Gasteiger partial charge in [-0.15, -0.1) is 0 Å². The third-order valence-electron chi connectivity index (χ3n) is 9.81. The van der Waals surface area contributed by atoms with Crippen LogP contribution in [0.3, 0.4) is 0 Å². The van der Waals surface area contributed by atoms with Crippen LogP contribution in [0.4, 0.5) is 17.1 Å². The van der Waals surface area contributed by atoms with Crippen molar-refractivity contribution in [2.24, 2.45) is 0 Å². The first-order valence-corrected chi connectivity index (χ1v) is 16.4. The van der Waals surface area contributed by atoms with Gasteiger partial charge < -0.3 is 9.32 Å². The number of rotatable bonds is 4. The Labute approximate surface area is 277 Å². The third-order valence-corrected chi connectivity index (χ3v) is 9.81. The van der Waals surface area contributed by atoms with Crippen molar-refractivity contribution in [3.63, 3.8) is 0 Å². The lowest BCUT2D eigenvalue weighted by Gasteiger charge is -2.27. The van der Waals surface area contributed by atoms with Gasteiger partial charge in [-0.2, -0.15) is 0 Å². The molecule has 2 heteroatoms. The quantitative estimate of drug-likeness (QED) is 0.184. The molecule has 1 aromatic heterocycles. The van der Waals surface area contributed by atoms with Gasteiger partial charge in [0.05, 0.1) is 11.1 Å². The lowest BCUT2D eigenvalue weighted by molar-refractivity contribution is 0.669. The Kier molecular flexibility index (Phi) is 5.91. The number of anilines is 3. The van der Waals surface area contributed by atoms with Crippen LogP contribution in [0.2, 0.25) is 0 Å². The van der Waals surface area contributed by atoms with E-state index in [1.165, 1.54) is 54.2 Å². The highest BCUT2D eigenvalue weighted by Crippen LogP contribution is 2.47. The Bertz CT molecular complexity index is 2800. The number of benzene rings is 9. The van der Waals surface area contributed by atoms with E-state index < -0.39 is 0 Å².